The van der Waals surface area contributed by atoms with Crippen LogP contribution in [0.5, 0.6) is 11.5 Å². The molecule has 2 aromatic rings. The van der Waals surface area contributed by atoms with E-state index in [1.54, 1.807) is 14.2 Å². The van der Waals surface area contributed by atoms with Crippen LogP contribution in [0.15, 0.2) is 42.5 Å². The number of hydrogen-bond acceptors (Lipinski definition) is 3. The normalized spacial score (nSPS) is 10.0. The first-order chi connectivity index (χ1) is 8.24. The molecule has 0 spiro atoms. The largest absolute Gasteiger partial charge is 0.497 e. The van der Waals surface area contributed by atoms with E-state index in [2.05, 4.69) is 0 Å². The van der Waals surface area contributed by atoms with Gasteiger partial charge in [0.15, 0.2) is 0 Å². The highest BCUT2D eigenvalue weighted by Gasteiger charge is 2.06. The summed E-state index contributed by atoms with van der Waals surface area (Å²) in [5, 5.41) is 0. The Hall–Kier alpha value is -2.16. The number of anilines is 1. The summed E-state index contributed by atoms with van der Waals surface area (Å²) in [6.07, 6.45) is 0. The lowest BCUT2D eigenvalue weighted by Gasteiger charge is -2.10. The van der Waals surface area contributed by atoms with E-state index in [1.165, 1.54) is 0 Å². The standard InChI is InChI=1S/C14H15NO2/c1-16-12-6-3-10(4-7-12)13-9-11(15)5-8-14(13)17-2/h3-9H,15H2,1-2H3. The molecule has 88 valence electrons. The number of methoxy groups -OCH3 is 2. The Labute approximate surface area is 101 Å². The molecule has 2 N–H and O–H groups in total. The summed E-state index contributed by atoms with van der Waals surface area (Å²) in [7, 11) is 3.30. The van der Waals surface area contributed by atoms with Crippen molar-refractivity contribution in [2.45, 2.75) is 0 Å². The van der Waals surface area contributed by atoms with Gasteiger partial charge in [0.25, 0.3) is 0 Å². The monoisotopic (exact) mass is 229 g/mol. The SMILES string of the molecule is COc1ccc(-c2cc(N)ccc2OC)cc1. The number of nitrogen functional groups attached to an aromatic ring is 1. The van der Waals surface area contributed by atoms with Crippen molar-refractivity contribution in [1.82, 2.24) is 0 Å². The van der Waals surface area contributed by atoms with Gasteiger partial charge in [-0.1, -0.05) is 12.1 Å². The minimum absolute atomic E-state index is 0.719. The molecular weight excluding hydrogens is 214 g/mol. The number of nitrogens with two attached hydrogens (primary N) is 1. The van der Waals surface area contributed by atoms with Crippen molar-refractivity contribution >= 4 is 5.69 Å². The van der Waals surface area contributed by atoms with E-state index in [0.717, 1.165) is 28.3 Å². The van der Waals surface area contributed by atoms with Crippen LogP contribution in [-0.4, -0.2) is 14.2 Å². The lowest BCUT2D eigenvalue weighted by molar-refractivity contribution is 0.414. The van der Waals surface area contributed by atoms with Gasteiger partial charge in [0, 0.05) is 11.3 Å². The summed E-state index contributed by atoms with van der Waals surface area (Å²) >= 11 is 0. The second-order valence-corrected chi connectivity index (χ2v) is 3.69. The summed E-state index contributed by atoms with van der Waals surface area (Å²) in [5.41, 5.74) is 8.55. The molecule has 0 amide bonds. The van der Waals surface area contributed by atoms with Crippen molar-refractivity contribution in [3.8, 4) is 22.6 Å². The summed E-state index contributed by atoms with van der Waals surface area (Å²) in [5.74, 6) is 1.64. The van der Waals surface area contributed by atoms with Gasteiger partial charge in [-0.15, -0.1) is 0 Å². The van der Waals surface area contributed by atoms with Crippen LogP contribution in [-0.2, 0) is 0 Å². The number of hydrogen-bond donors (Lipinski definition) is 1. The van der Waals surface area contributed by atoms with Gasteiger partial charge in [0.05, 0.1) is 14.2 Å². The molecule has 3 nitrogen and oxygen atoms in total. The smallest absolute Gasteiger partial charge is 0.126 e. The Balaban J connectivity index is 2.47. The first kappa shape index (κ1) is 11.3. The molecule has 0 aliphatic rings. The first-order valence-corrected chi connectivity index (χ1v) is 5.32. The lowest BCUT2D eigenvalue weighted by atomic mass is 10.0. The molecular formula is C14H15NO2. The van der Waals surface area contributed by atoms with E-state index >= 15 is 0 Å². The highest BCUT2D eigenvalue weighted by molar-refractivity contribution is 5.74. The maximum atomic E-state index is 5.80. The van der Waals surface area contributed by atoms with Crippen LogP contribution in [0.25, 0.3) is 11.1 Å². The van der Waals surface area contributed by atoms with Crippen LogP contribution in [0, 0.1) is 0 Å². The van der Waals surface area contributed by atoms with Crippen molar-refractivity contribution in [2.75, 3.05) is 20.0 Å². The fourth-order valence-electron chi connectivity index (χ4n) is 1.72. The van der Waals surface area contributed by atoms with Gasteiger partial charge in [-0.3, -0.25) is 0 Å². The van der Waals surface area contributed by atoms with E-state index in [0.29, 0.717) is 0 Å². The molecule has 17 heavy (non-hydrogen) atoms. The minimum atomic E-state index is 0.719. The van der Waals surface area contributed by atoms with Crippen LogP contribution in [0.1, 0.15) is 0 Å². The third kappa shape index (κ3) is 2.33. The van der Waals surface area contributed by atoms with Crippen molar-refractivity contribution in [1.29, 1.82) is 0 Å². The maximum absolute atomic E-state index is 5.80. The fourth-order valence-corrected chi connectivity index (χ4v) is 1.72. The van der Waals surface area contributed by atoms with Gasteiger partial charge in [-0.05, 0) is 35.9 Å². The van der Waals surface area contributed by atoms with Gasteiger partial charge in [0.2, 0.25) is 0 Å². The molecule has 0 radical (unpaired) electrons. The molecule has 0 atom stereocenters. The topological polar surface area (TPSA) is 44.5 Å². The molecule has 0 unspecified atom stereocenters. The predicted molar refractivity (Wildman–Crippen MR) is 69.4 cm³/mol. The van der Waals surface area contributed by atoms with Gasteiger partial charge < -0.3 is 15.2 Å². The van der Waals surface area contributed by atoms with E-state index in [1.807, 2.05) is 42.5 Å². The average molecular weight is 229 g/mol. The van der Waals surface area contributed by atoms with E-state index in [4.69, 9.17) is 15.2 Å². The molecule has 2 aromatic carbocycles. The molecule has 0 saturated carbocycles. The predicted octanol–water partition coefficient (Wildman–Crippen LogP) is 2.95. The van der Waals surface area contributed by atoms with Crippen LogP contribution >= 0.6 is 0 Å². The quantitative estimate of drug-likeness (QED) is 0.823. The molecule has 0 bridgehead atoms. The van der Waals surface area contributed by atoms with Crippen molar-refractivity contribution < 1.29 is 9.47 Å². The Kier molecular flexibility index (Phi) is 3.19. The van der Waals surface area contributed by atoms with E-state index in [9.17, 15) is 0 Å². The van der Waals surface area contributed by atoms with Crippen LogP contribution in [0.3, 0.4) is 0 Å². The molecule has 0 aliphatic heterocycles. The fraction of sp³-hybridized carbons (Fsp3) is 0.143. The number of rotatable bonds is 3. The van der Waals surface area contributed by atoms with Gasteiger partial charge in [0.1, 0.15) is 11.5 Å². The second kappa shape index (κ2) is 4.78. The number of ether oxygens (including phenoxy) is 2. The number of benzene rings is 2. The zero-order valence-electron chi connectivity index (χ0n) is 9.94. The lowest BCUT2D eigenvalue weighted by Crippen LogP contribution is -1.91. The molecule has 3 heteroatoms. The van der Waals surface area contributed by atoms with E-state index < -0.39 is 0 Å². The zero-order chi connectivity index (χ0) is 12.3. The third-order valence-corrected chi connectivity index (χ3v) is 2.62. The van der Waals surface area contributed by atoms with Gasteiger partial charge in [-0.2, -0.15) is 0 Å². The van der Waals surface area contributed by atoms with Crippen LogP contribution < -0.4 is 15.2 Å². The van der Waals surface area contributed by atoms with Crippen molar-refractivity contribution in [2.24, 2.45) is 0 Å². The highest BCUT2D eigenvalue weighted by atomic mass is 16.5. The average Bonchev–Trinajstić information content (AvgIpc) is 2.39. The summed E-state index contributed by atoms with van der Waals surface area (Å²) in [6.45, 7) is 0. The highest BCUT2D eigenvalue weighted by Crippen LogP contribution is 2.32. The molecule has 0 fully saturated rings. The Morgan fingerprint density at radius 3 is 2.18 bits per heavy atom. The summed E-state index contributed by atoms with van der Waals surface area (Å²) in [4.78, 5) is 0. The third-order valence-electron chi connectivity index (χ3n) is 2.62. The molecule has 0 heterocycles. The van der Waals surface area contributed by atoms with Gasteiger partial charge in [-0.25, -0.2) is 0 Å². The summed E-state index contributed by atoms with van der Waals surface area (Å²) < 4.78 is 10.5. The summed E-state index contributed by atoms with van der Waals surface area (Å²) in [6, 6.07) is 13.4. The van der Waals surface area contributed by atoms with Gasteiger partial charge >= 0.3 is 0 Å². The van der Waals surface area contributed by atoms with Crippen LogP contribution in [0.4, 0.5) is 5.69 Å². The van der Waals surface area contributed by atoms with Crippen LogP contribution in [0.2, 0.25) is 0 Å². The maximum Gasteiger partial charge on any atom is 0.126 e. The molecule has 0 saturated heterocycles. The molecule has 2 rings (SSSR count). The van der Waals surface area contributed by atoms with E-state index in [-0.39, 0.29) is 0 Å². The Bertz CT molecular complexity index is 506. The Morgan fingerprint density at radius 1 is 0.882 bits per heavy atom. The molecule has 0 aliphatic carbocycles. The first-order valence-electron chi connectivity index (χ1n) is 5.32. The zero-order valence-corrected chi connectivity index (χ0v) is 9.94. The molecule has 0 aromatic heterocycles. The van der Waals surface area contributed by atoms with Crippen molar-refractivity contribution in [3.05, 3.63) is 42.5 Å². The van der Waals surface area contributed by atoms with Crippen molar-refractivity contribution in [3.63, 3.8) is 0 Å². The Morgan fingerprint density at radius 2 is 1.59 bits per heavy atom. The minimum Gasteiger partial charge on any atom is -0.497 e. The second-order valence-electron chi connectivity index (χ2n) is 3.69.